The Labute approximate surface area is 137 Å². The van der Waals surface area contributed by atoms with Crippen molar-refractivity contribution < 1.29 is 4.74 Å². The topological polar surface area (TPSA) is 27.1 Å². The van der Waals surface area contributed by atoms with Gasteiger partial charge in [-0.25, -0.2) is 4.98 Å². The molecule has 3 nitrogen and oxygen atoms in total. The highest BCUT2D eigenvalue weighted by molar-refractivity contribution is 14.1. The molecule has 3 aromatic rings. The van der Waals surface area contributed by atoms with E-state index < -0.39 is 0 Å². The van der Waals surface area contributed by atoms with Crippen molar-refractivity contribution in [2.24, 2.45) is 0 Å². The van der Waals surface area contributed by atoms with Crippen LogP contribution in [0.1, 0.15) is 5.56 Å². The summed E-state index contributed by atoms with van der Waals surface area (Å²) >= 11 is 2.31. The van der Waals surface area contributed by atoms with Gasteiger partial charge in [0, 0.05) is 27.1 Å². The van der Waals surface area contributed by atoms with Crippen molar-refractivity contribution in [1.29, 1.82) is 0 Å². The Kier molecular flexibility index (Phi) is 4.24. The van der Waals surface area contributed by atoms with Crippen LogP contribution in [0.5, 0.6) is 5.75 Å². The van der Waals surface area contributed by atoms with Crippen molar-refractivity contribution in [1.82, 2.24) is 9.55 Å². The maximum atomic E-state index is 5.42. The third-order valence-electron chi connectivity index (χ3n) is 3.35. The van der Waals surface area contributed by atoms with E-state index in [1.165, 1.54) is 3.57 Å². The summed E-state index contributed by atoms with van der Waals surface area (Å²) in [5.41, 5.74) is 2.26. The Morgan fingerprint density at radius 1 is 1.10 bits per heavy atom. The van der Waals surface area contributed by atoms with Crippen molar-refractivity contribution in [2.75, 3.05) is 7.11 Å². The zero-order valence-electron chi connectivity index (χ0n) is 11.7. The number of hydrogen-bond acceptors (Lipinski definition) is 2. The van der Waals surface area contributed by atoms with E-state index in [1.54, 1.807) is 7.11 Å². The zero-order valence-corrected chi connectivity index (χ0v) is 13.8. The second-order valence-electron chi connectivity index (χ2n) is 4.70. The summed E-state index contributed by atoms with van der Waals surface area (Å²) in [6, 6.07) is 16.5. The fourth-order valence-electron chi connectivity index (χ4n) is 2.31. The molecule has 3 rings (SSSR count). The van der Waals surface area contributed by atoms with Crippen LogP contribution in [0.4, 0.5) is 0 Å². The van der Waals surface area contributed by atoms with Gasteiger partial charge in [0.25, 0.3) is 0 Å². The lowest BCUT2D eigenvalue weighted by Gasteiger charge is -2.11. The number of hydrogen-bond donors (Lipinski definition) is 0. The van der Waals surface area contributed by atoms with Gasteiger partial charge in [0.2, 0.25) is 0 Å². The highest BCUT2D eigenvalue weighted by atomic mass is 127. The molecule has 0 aliphatic carbocycles. The molecular formula is C17H15IN2O. The summed E-state index contributed by atoms with van der Waals surface area (Å²) in [6.45, 7) is 0.741. The third kappa shape index (κ3) is 3.10. The van der Waals surface area contributed by atoms with Gasteiger partial charge >= 0.3 is 0 Å². The zero-order chi connectivity index (χ0) is 14.7. The Hall–Kier alpha value is -1.82. The molecule has 0 unspecified atom stereocenters. The number of aromatic nitrogens is 2. The van der Waals surface area contributed by atoms with Gasteiger partial charge in [-0.3, -0.25) is 0 Å². The van der Waals surface area contributed by atoms with Gasteiger partial charge in [0.05, 0.1) is 13.7 Å². The number of methoxy groups -OCH3 is 1. The van der Waals surface area contributed by atoms with Crippen LogP contribution >= 0.6 is 22.6 Å². The standard InChI is InChI=1S/C17H15IN2O/c1-21-16-5-3-2-4-14(16)12-20-11-10-19-17(20)13-6-8-15(18)9-7-13/h2-11H,12H2,1H3. The van der Waals surface area contributed by atoms with Crippen LogP contribution in [-0.4, -0.2) is 16.7 Å². The number of halogens is 1. The SMILES string of the molecule is COc1ccccc1Cn1ccnc1-c1ccc(I)cc1. The Balaban J connectivity index is 1.94. The van der Waals surface area contributed by atoms with Crippen molar-refractivity contribution in [2.45, 2.75) is 6.54 Å². The molecule has 4 heteroatoms. The lowest BCUT2D eigenvalue weighted by Crippen LogP contribution is -2.02. The fourth-order valence-corrected chi connectivity index (χ4v) is 2.67. The van der Waals surface area contributed by atoms with E-state index in [1.807, 2.05) is 30.6 Å². The second-order valence-corrected chi connectivity index (χ2v) is 5.94. The van der Waals surface area contributed by atoms with Gasteiger partial charge < -0.3 is 9.30 Å². The molecule has 0 saturated heterocycles. The summed E-state index contributed by atoms with van der Waals surface area (Å²) in [7, 11) is 1.70. The molecule has 0 atom stereocenters. The average Bonchev–Trinajstić information content (AvgIpc) is 2.97. The number of benzene rings is 2. The van der Waals surface area contributed by atoms with Gasteiger partial charge in [-0.15, -0.1) is 0 Å². The normalized spacial score (nSPS) is 10.6. The highest BCUT2D eigenvalue weighted by Crippen LogP contribution is 2.23. The Morgan fingerprint density at radius 3 is 2.62 bits per heavy atom. The summed E-state index contributed by atoms with van der Waals surface area (Å²) < 4.78 is 8.78. The number of ether oxygens (including phenoxy) is 1. The molecule has 0 amide bonds. The molecule has 0 spiro atoms. The molecule has 0 saturated carbocycles. The minimum atomic E-state index is 0.741. The molecule has 1 heterocycles. The molecule has 0 aliphatic rings. The minimum Gasteiger partial charge on any atom is -0.496 e. The van der Waals surface area contributed by atoms with Crippen LogP contribution in [-0.2, 0) is 6.54 Å². The van der Waals surface area contributed by atoms with Crippen molar-refractivity contribution in [3.63, 3.8) is 0 Å². The van der Waals surface area contributed by atoms with Gasteiger partial charge in [-0.2, -0.15) is 0 Å². The number of nitrogens with zero attached hydrogens (tertiary/aromatic N) is 2. The third-order valence-corrected chi connectivity index (χ3v) is 4.07. The molecule has 2 aromatic carbocycles. The maximum absolute atomic E-state index is 5.42. The summed E-state index contributed by atoms with van der Waals surface area (Å²) in [6.07, 6.45) is 3.84. The van der Waals surface area contributed by atoms with Crippen molar-refractivity contribution in [3.8, 4) is 17.1 Å². The van der Waals surface area contributed by atoms with Crippen LogP contribution < -0.4 is 4.74 Å². The lowest BCUT2D eigenvalue weighted by atomic mass is 10.2. The van der Waals surface area contributed by atoms with E-state index in [2.05, 4.69) is 62.5 Å². The first-order chi connectivity index (χ1) is 10.3. The first-order valence-corrected chi connectivity index (χ1v) is 7.75. The van der Waals surface area contributed by atoms with Crippen LogP contribution in [0.15, 0.2) is 60.9 Å². The summed E-state index contributed by atoms with van der Waals surface area (Å²) in [5, 5.41) is 0. The van der Waals surface area contributed by atoms with E-state index in [0.717, 1.165) is 29.2 Å². The molecular weight excluding hydrogens is 375 g/mol. The Bertz CT molecular complexity index is 735. The van der Waals surface area contributed by atoms with Gasteiger partial charge in [0.15, 0.2) is 0 Å². The van der Waals surface area contributed by atoms with Crippen LogP contribution in [0.3, 0.4) is 0 Å². The maximum Gasteiger partial charge on any atom is 0.140 e. The monoisotopic (exact) mass is 390 g/mol. The summed E-state index contributed by atoms with van der Waals surface area (Å²) in [5.74, 6) is 1.87. The van der Waals surface area contributed by atoms with E-state index in [-0.39, 0.29) is 0 Å². The Morgan fingerprint density at radius 2 is 1.86 bits per heavy atom. The number of rotatable bonds is 4. The first-order valence-electron chi connectivity index (χ1n) is 6.67. The highest BCUT2D eigenvalue weighted by Gasteiger charge is 2.08. The van der Waals surface area contributed by atoms with Gasteiger partial charge in [-0.05, 0) is 40.8 Å². The molecule has 106 valence electrons. The van der Waals surface area contributed by atoms with Crippen LogP contribution in [0.25, 0.3) is 11.4 Å². The molecule has 0 radical (unpaired) electrons. The minimum absolute atomic E-state index is 0.741. The quantitative estimate of drug-likeness (QED) is 0.624. The fraction of sp³-hybridized carbons (Fsp3) is 0.118. The first kappa shape index (κ1) is 14.1. The van der Waals surface area contributed by atoms with Crippen molar-refractivity contribution in [3.05, 3.63) is 70.1 Å². The van der Waals surface area contributed by atoms with Crippen LogP contribution in [0.2, 0.25) is 0 Å². The smallest absolute Gasteiger partial charge is 0.140 e. The summed E-state index contributed by atoms with van der Waals surface area (Å²) in [4.78, 5) is 4.49. The largest absolute Gasteiger partial charge is 0.496 e. The van der Waals surface area contributed by atoms with Crippen LogP contribution in [0, 0.1) is 3.57 Å². The average molecular weight is 390 g/mol. The lowest BCUT2D eigenvalue weighted by molar-refractivity contribution is 0.408. The van der Waals surface area contributed by atoms with Gasteiger partial charge in [-0.1, -0.05) is 30.3 Å². The van der Waals surface area contributed by atoms with E-state index in [0.29, 0.717) is 0 Å². The van der Waals surface area contributed by atoms with Crippen molar-refractivity contribution >= 4 is 22.6 Å². The van der Waals surface area contributed by atoms with E-state index in [9.17, 15) is 0 Å². The van der Waals surface area contributed by atoms with E-state index in [4.69, 9.17) is 4.74 Å². The molecule has 0 N–H and O–H groups in total. The molecule has 0 aliphatic heterocycles. The van der Waals surface area contributed by atoms with Gasteiger partial charge in [0.1, 0.15) is 11.6 Å². The molecule has 0 bridgehead atoms. The number of para-hydroxylation sites is 1. The number of imidazole rings is 1. The molecule has 1 aromatic heterocycles. The van der Waals surface area contributed by atoms with E-state index >= 15 is 0 Å². The predicted octanol–water partition coefficient (Wildman–Crippen LogP) is 4.21. The second kappa shape index (κ2) is 6.30. The molecule has 0 fully saturated rings. The molecule has 21 heavy (non-hydrogen) atoms. The predicted molar refractivity (Wildman–Crippen MR) is 92.5 cm³/mol.